The second-order valence-electron chi connectivity index (χ2n) is 7.16. The molecular weight excluding hydrogens is 288 g/mol. The summed E-state index contributed by atoms with van der Waals surface area (Å²) in [6.07, 6.45) is 5.70. The first kappa shape index (κ1) is 13.8. The van der Waals surface area contributed by atoms with Gasteiger partial charge in [0.2, 0.25) is 0 Å². The van der Waals surface area contributed by atoms with Crippen LogP contribution in [0.1, 0.15) is 31.7 Å². The zero-order valence-corrected chi connectivity index (χ0v) is 14.1. The molecule has 0 saturated heterocycles. The fourth-order valence-electron chi connectivity index (χ4n) is 4.32. The van der Waals surface area contributed by atoms with Gasteiger partial charge >= 0.3 is 0 Å². The van der Waals surface area contributed by atoms with Gasteiger partial charge < -0.3 is 0 Å². The van der Waals surface area contributed by atoms with Gasteiger partial charge in [-0.2, -0.15) is 0 Å². The lowest BCUT2D eigenvalue weighted by Gasteiger charge is -2.19. The predicted molar refractivity (Wildman–Crippen MR) is 105 cm³/mol. The maximum Gasteiger partial charge on any atom is 0.00323 e. The molecule has 24 heavy (non-hydrogen) atoms. The summed E-state index contributed by atoms with van der Waals surface area (Å²) in [4.78, 5) is 0. The molecular formula is C24H20. The van der Waals surface area contributed by atoms with E-state index in [1.54, 1.807) is 0 Å². The first-order chi connectivity index (χ1) is 11.7. The molecule has 0 N–H and O–H groups in total. The van der Waals surface area contributed by atoms with Crippen LogP contribution in [0.3, 0.4) is 0 Å². The Bertz CT molecular complexity index is 1130. The highest BCUT2D eigenvalue weighted by Gasteiger charge is 2.18. The molecule has 4 aromatic carbocycles. The van der Waals surface area contributed by atoms with Crippen LogP contribution in [0.25, 0.3) is 32.3 Å². The molecule has 0 heterocycles. The van der Waals surface area contributed by atoms with Crippen molar-refractivity contribution in [2.45, 2.75) is 26.2 Å². The van der Waals surface area contributed by atoms with Gasteiger partial charge in [0.1, 0.15) is 0 Å². The summed E-state index contributed by atoms with van der Waals surface area (Å²) in [6.45, 7) is 4.57. The van der Waals surface area contributed by atoms with Crippen molar-refractivity contribution in [1.82, 2.24) is 0 Å². The number of rotatable bonds is 2. The van der Waals surface area contributed by atoms with Crippen molar-refractivity contribution >= 4 is 32.3 Å². The Balaban J connectivity index is 1.81. The second kappa shape index (κ2) is 4.95. The monoisotopic (exact) mass is 308 g/mol. The van der Waals surface area contributed by atoms with Crippen LogP contribution < -0.4 is 0 Å². The highest BCUT2D eigenvalue weighted by Crippen LogP contribution is 2.40. The molecule has 116 valence electrons. The molecule has 0 heteroatoms. The third-order valence-electron chi connectivity index (χ3n) is 5.65. The van der Waals surface area contributed by atoms with Gasteiger partial charge in [0.05, 0.1) is 0 Å². The summed E-state index contributed by atoms with van der Waals surface area (Å²) in [5.74, 6) is 0.461. The molecule has 0 aromatic heterocycles. The van der Waals surface area contributed by atoms with E-state index in [4.69, 9.17) is 0 Å². The van der Waals surface area contributed by atoms with Gasteiger partial charge in [-0.05, 0) is 51.2 Å². The number of hydrogen-bond acceptors (Lipinski definition) is 0. The number of hydrogen-bond donors (Lipinski definition) is 0. The fourth-order valence-corrected chi connectivity index (χ4v) is 4.32. The van der Waals surface area contributed by atoms with Crippen LogP contribution in [0.15, 0.2) is 77.9 Å². The van der Waals surface area contributed by atoms with E-state index in [0.717, 1.165) is 6.42 Å². The van der Waals surface area contributed by atoms with Gasteiger partial charge in [-0.25, -0.2) is 0 Å². The molecule has 1 aliphatic rings. The second-order valence-corrected chi connectivity index (χ2v) is 7.16. The maximum atomic E-state index is 2.35. The quantitative estimate of drug-likeness (QED) is 0.351. The highest BCUT2D eigenvalue weighted by atomic mass is 14.2. The van der Waals surface area contributed by atoms with E-state index in [0.29, 0.717) is 5.92 Å². The average Bonchev–Trinajstić information content (AvgIpc) is 3.05. The van der Waals surface area contributed by atoms with E-state index in [9.17, 15) is 0 Å². The van der Waals surface area contributed by atoms with Gasteiger partial charge in [0, 0.05) is 5.92 Å². The Kier molecular flexibility index (Phi) is 2.84. The van der Waals surface area contributed by atoms with Crippen LogP contribution in [0.5, 0.6) is 0 Å². The summed E-state index contributed by atoms with van der Waals surface area (Å²) in [5.41, 5.74) is 4.45. The highest BCUT2D eigenvalue weighted by molar-refractivity contribution is 6.23. The lowest BCUT2D eigenvalue weighted by atomic mass is 9.85. The van der Waals surface area contributed by atoms with Gasteiger partial charge in [0.25, 0.3) is 0 Å². The zero-order chi connectivity index (χ0) is 16.3. The molecule has 0 spiro atoms. The zero-order valence-electron chi connectivity index (χ0n) is 14.1. The molecule has 1 unspecified atom stereocenters. The Hall–Kier alpha value is -2.60. The Labute approximate surface area is 142 Å². The Morgan fingerprint density at radius 3 is 2.12 bits per heavy atom. The average molecular weight is 308 g/mol. The third-order valence-corrected chi connectivity index (χ3v) is 5.65. The predicted octanol–water partition coefficient (Wildman–Crippen LogP) is 6.96. The molecule has 1 aliphatic carbocycles. The first-order valence-corrected chi connectivity index (χ1v) is 8.75. The van der Waals surface area contributed by atoms with Crippen molar-refractivity contribution < 1.29 is 0 Å². The third kappa shape index (κ3) is 1.86. The number of allylic oxidation sites excluding steroid dienone is 4. The lowest BCUT2D eigenvalue weighted by molar-refractivity contribution is 0.867. The van der Waals surface area contributed by atoms with Crippen LogP contribution in [-0.2, 0) is 0 Å². The molecule has 0 nitrogen and oxygen atoms in total. The van der Waals surface area contributed by atoms with Crippen molar-refractivity contribution in [2.24, 2.45) is 0 Å². The van der Waals surface area contributed by atoms with Crippen LogP contribution in [-0.4, -0.2) is 0 Å². The topological polar surface area (TPSA) is 0 Å². The SMILES string of the molecule is CC1=CC=C(C(C)c2ccc3ccc4cccc5ccc2c3c45)C1. The van der Waals surface area contributed by atoms with E-state index in [-0.39, 0.29) is 0 Å². The fraction of sp³-hybridized carbons (Fsp3) is 0.167. The van der Waals surface area contributed by atoms with Gasteiger partial charge in [-0.3, -0.25) is 0 Å². The van der Waals surface area contributed by atoms with Crippen molar-refractivity contribution in [2.75, 3.05) is 0 Å². The first-order valence-electron chi connectivity index (χ1n) is 8.75. The molecule has 0 fully saturated rings. The summed E-state index contributed by atoms with van der Waals surface area (Å²) >= 11 is 0. The molecule has 0 saturated carbocycles. The molecule has 0 amide bonds. The molecule has 0 radical (unpaired) electrons. The largest absolute Gasteiger partial charge is 0.0692 e. The minimum atomic E-state index is 0.461. The molecule has 4 aromatic rings. The van der Waals surface area contributed by atoms with Gasteiger partial charge in [0.15, 0.2) is 0 Å². The van der Waals surface area contributed by atoms with E-state index in [1.165, 1.54) is 49.0 Å². The van der Waals surface area contributed by atoms with Crippen molar-refractivity contribution in [3.8, 4) is 0 Å². The normalized spacial score (nSPS) is 16.1. The summed E-state index contributed by atoms with van der Waals surface area (Å²) in [6, 6.07) is 20.4. The molecule has 5 rings (SSSR count). The van der Waals surface area contributed by atoms with Crippen molar-refractivity contribution in [3.05, 3.63) is 83.5 Å². The summed E-state index contributed by atoms with van der Waals surface area (Å²) < 4.78 is 0. The van der Waals surface area contributed by atoms with Crippen LogP contribution in [0, 0.1) is 0 Å². The Morgan fingerprint density at radius 2 is 1.42 bits per heavy atom. The van der Waals surface area contributed by atoms with E-state index < -0.39 is 0 Å². The van der Waals surface area contributed by atoms with Gasteiger partial charge in [-0.1, -0.05) is 84.8 Å². The maximum absolute atomic E-state index is 2.35. The van der Waals surface area contributed by atoms with E-state index >= 15 is 0 Å². The van der Waals surface area contributed by atoms with E-state index in [2.05, 4.69) is 80.6 Å². The Morgan fingerprint density at radius 1 is 0.750 bits per heavy atom. The minimum Gasteiger partial charge on any atom is -0.0692 e. The van der Waals surface area contributed by atoms with Crippen LogP contribution >= 0.6 is 0 Å². The molecule has 1 atom stereocenters. The molecule has 0 bridgehead atoms. The van der Waals surface area contributed by atoms with Gasteiger partial charge in [-0.15, -0.1) is 0 Å². The van der Waals surface area contributed by atoms with Crippen molar-refractivity contribution in [3.63, 3.8) is 0 Å². The van der Waals surface area contributed by atoms with E-state index in [1.807, 2.05) is 0 Å². The molecule has 0 aliphatic heterocycles. The standard InChI is InChI=1S/C24H20/c1-15-6-7-20(14-15)16(2)21-12-10-19-9-8-17-4-3-5-18-11-13-22(21)24(19)23(17)18/h3-13,16H,14H2,1-2H3. The summed E-state index contributed by atoms with van der Waals surface area (Å²) in [7, 11) is 0. The van der Waals surface area contributed by atoms with Crippen LogP contribution in [0.4, 0.5) is 0 Å². The van der Waals surface area contributed by atoms with Crippen molar-refractivity contribution in [1.29, 1.82) is 0 Å². The smallest absolute Gasteiger partial charge is 0.00323 e. The minimum absolute atomic E-state index is 0.461. The number of benzene rings is 4. The van der Waals surface area contributed by atoms with Crippen LogP contribution in [0.2, 0.25) is 0 Å². The lowest BCUT2D eigenvalue weighted by Crippen LogP contribution is -1.99. The summed E-state index contributed by atoms with van der Waals surface area (Å²) in [5, 5.41) is 8.28.